The lowest BCUT2D eigenvalue weighted by atomic mass is 10.0. The summed E-state index contributed by atoms with van der Waals surface area (Å²) in [6, 6.07) is 6.41. The van der Waals surface area contributed by atoms with Crippen molar-refractivity contribution in [2.24, 2.45) is 0 Å². The Hall–Kier alpha value is -1.50. The molecule has 5 heterocycles. The normalized spacial score (nSPS) is 23.5. The maximum Gasteiger partial charge on any atom is 0.253 e. The van der Waals surface area contributed by atoms with Gasteiger partial charge in [0.25, 0.3) is 10.0 Å². The zero-order valence-electron chi connectivity index (χ0n) is 21.0. The number of piperidine rings is 1. The topological polar surface area (TPSA) is 81.2 Å². The maximum absolute atomic E-state index is 13.4. The van der Waals surface area contributed by atoms with Crippen LogP contribution in [0.15, 0.2) is 28.5 Å². The van der Waals surface area contributed by atoms with E-state index in [1.165, 1.54) is 46.9 Å². The van der Waals surface area contributed by atoms with Crippen molar-refractivity contribution in [3.63, 3.8) is 0 Å². The number of hydrogen-bond acceptors (Lipinski definition) is 7. The Morgan fingerprint density at radius 2 is 1.70 bits per heavy atom. The zero-order chi connectivity index (χ0) is 26.2. The number of likely N-dealkylation sites (tertiary alicyclic amines) is 3. The second-order valence-electron chi connectivity index (χ2n) is 10.1. The van der Waals surface area contributed by atoms with Crippen molar-refractivity contribution < 1.29 is 18.0 Å². The average molecular weight is 585 g/mol. The minimum Gasteiger partial charge on any atom is -0.337 e. The lowest BCUT2D eigenvalue weighted by Gasteiger charge is -2.37. The van der Waals surface area contributed by atoms with Crippen LogP contribution in [0.25, 0.3) is 9.75 Å². The molecule has 2 unspecified atom stereocenters. The number of amides is 2. The van der Waals surface area contributed by atoms with Crippen molar-refractivity contribution in [2.45, 2.75) is 54.8 Å². The van der Waals surface area contributed by atoms with Crippen molar-refractivity contribution in [2.75, 3.05) is 46.3 Å². The largest absolute Gasteiger partial charge is 0.337 e. The minimum absolute atomic E-state index is 0.0159. The van der Waals surface area contributed by atoms with Crippen molar-refractivity contribution in [3.05, 3.63) is 28.6 Å². The van der Waals surface area contributed by atoms with E-state index in [-0.39, 0.29) is 28.6 Å². The van der Waals surface area contributed by atoms with Gasteiger partial charge in [-0.1, -0.05) is 11.6 Å². The number of carbonyl (C=O) groups is 2. The monoisotopic (exact) mass is 584 g/mol. The molecule has 2 aromatic rings. The molecule has 0 radical (unpaired) electrons. The first-order chi connectivity index (χ1) is 17.7. The van der Waals surface area contributed by atoms with E-state index in [0.29, 0.717) is 23.7 Å². The highest BCUT2D eigenvalue weighted by atomic mass is 35.5. The second-order valence-corrected chi connectivity index (χ2v) is 15.1. The fourth-order valence-corrected chi connectivity index (χ4v) is 9.60. The van der Waals surface area contributed by atoms with E-state index in [4.69, 9.17) is 11.6 Å². The van der Waals surface area contributed by atoms with Crippen molar-refractivity contribution in [1.82, 2.24) is 19.0 Å². The Bertz CT molecular complexity index is 1240. The molecular formula is C25H33ClN4O4S3. The Morgan fingerprint density at radius 3 is 2.43 bits per heavy atom. The third kappa shape index (κ3) is 5.77. The van der Waals surface area contributed by atoms with E-state index in [0.717, 1.165) is 48.8 Å². The van der Waals surface area contributed by atoms with E-state index < -0.39 is 16.1 Å². The summed E-state index contributed by atoms with van der Waals surface area (Å²) in [4.78, 5) is 34.3. The summed E-state index contributed by atoms with van der Waals surface area (Å²) in [6.45, 7) is 4.32. The number of sulfonamides is 1. The molecule has 3 aliphatic rings. The Morgan fingerprint density at radius 1 is 1.00 bits per heavy atom. The molecular weight excluding hydrogens is 552 g/mol. The van der Waals surface area contributed by atoms with Crippen LogP contribution in [0.3, 0.4) is 0 Å². The van der Waals surface area contributed by atoms with Gasteiger partial charge in [-0.2, -0.15) is 4.31 Å². The van der Waals surface area contributed by atoms with E-state index in [9.17, 15) is 18.0 Å². The molecule has 5 rings (SSSR count). The Labute approximate surface area is 231 Å². The number of rotatable bonds is 8. The maximum atomic E-state index is 13.4. The van der Waals surface area contributed by atoms with Gasteiger partial charge in [0.1, 0.15) is 10.3 Å². The smallest absolute Gasteiger partial charge is 0.253 e. The third-order valence-corrected chi connectivity index (χ3v) is 12.5. The van der Waals surface area contributed by atoms with E-state index >= 15 is 0 Å². The quantitative estimate of drug-likeness (QED) is 0.471. The molecule has 0 aliphatic carbocycles. The molecule has 37 heavy (non-hydrogen) atoms. The van der Waals surface area contributed by atoms with Gasteiger partial charge >= 0.3 is 0 Å². The van der Waals surface area contributed by atoms with E-state index in [2.05, 4.69) is 4.90 Å². The first kappa shape index (κ1) is 27.1. The predicted octanol–water partition coefficient (Wildman–Crippen LogP) is 3.83. The molecule has 0 aromatic carbocycles. The molecule has 0 saturated carbocycles. The van der Waals surface area contributed by atoms with Crippen LogP contribution >= 0.6 is 34.3 Å². The molecule has 12 heteroatoms. The summed E-state index contributed by atoms with van der Waals surface area (Å²) >= 11 is 8.61. The molecule has 0 N–H and O–H groups in total. The Kier molecular flexibility index (Phi) is 8.28. The molecule has 202 valence electrons. The third-order valence-electron chi connectivity index (χ3n) is 7.66. The molecule has 3 saturated heterocycles. The van der Waals surface area contributed by atoms with E-state index in [1.807, 2.05) is 11.0 Å². The summed E-state index contributed by atoms with van der Waals surface area (Å²) in [7, 11) is -2.40. The molecule has 2 amide bonds. The van der Waals surface area contributed by atoms with Gasteiger partial charge in [0, 0.05) is 42.5 Å². The molecule has 3 fully saturated rings. The van der Waals surface area contributed by atoms with Crippen LogP contribution in [0.4, 0.5) is 0 Å². The number of halogens is 1. The van der Waals surface area contributed by atoms with Crippen LogP contribution in [-0.4, -0.2) is 97.6 Å². The molecule has 3 aliphatic heterocycles. The number of nitrogens with zero attached hydrogens (tertiary/aromatic N) is 4. The standard InChI is InChI=1S/C25H33ClN4O4S3/c1-27(37(33,34)24-11-9-21(36-24)20-8-10-22(26)35-20)19-7-5-14-29(25(19)32)17-23(31)30-15-4-6-18(30)16-28-12-2-3-13-28/h8-11,18-19H,2-7,12-17H2,1H3. The van der Waals surface area contributed by atoms with Crippen LogP contribution in [0, 0.1) is 0 Å². The number of thiophene rings is 2. The van der Waals surface area contributed by atoms with Gasteiger partial charge in [0.05, 0.1) is 10.9 Å². The van der Waals surface area contributed by atoms with E-state index in [1.54, 1.807) is 23.1 Å². The van der Waals surface area contributed by atoms with Gasteiger partial charge in [-0.3, -0.25) is 9.59 Å². The van der Waals surface area contributed by atoms with Crippen LogP contribution < -0.4 is 0 Å². The molecule has 8 nitrogen and oxygen atoms in total. The number of carbonyl (C=O) groups excluding carboxylic acids is 2. The second kappa shape index (κ2) is 11.3. The molecule has 0 spiro atoms. The van der Waals surface area contributed by atoms with Crippen LogP contribution in [0.5, 0.6) is 0 Å². The lowest BCUT2D eigenvalue weighted by Crippen LogP contribution is -2.55. The van der Waals surface area contributed by atoms with Gasteiger partial charge in [-0.15, -0.1) is 22.7 Å². The summed E-state index contributed by atoms with van der Waals surface area (Å²) in [6.07, 6.45) is 5.53. The van der Waals surface area contributed by atoms with Crippen molar-refractivity contribution in [3.8, 4) is 9.75 Å². The average Bonchev–Trinajstić information content (AvgIpc) is 3.68. The van der Waals surface area contributed by atoms with Crippen molar-refractivity contribution in [1.29, 1.82) is 0 Å². The predicted molar refractivity (Wildman–Crippen MR) is 148 cm³/mol. The van der Waals surface area contributed by atoms with Crippen molar-refractivity contribution >= 4 is 56.1 Å². The van der Waals surface area contributed by atoms with Crippen LogP contribution in [0.1, 0.15) is 38.5 Å². The fourth-order valence-electron chi connectivity index (χ4n) is 5.63. The van der Waals surface area contributed by atoms with Gasteiger partial charge in [0.2, 0.25) is 11.8 Å². The van der Waals surface area contributed by atoms with Gasteiger partial charge in [-0.05, 0) is 75.9 Å². The summed E-state index contributed by atoms with van der Waals surface area (Å²) < 4.78 is 28.9. The highest BCUT2D eigenvalue weighted by Crippen LogP contribution is 2.38. The van der Waals surface area contributed by atoms with Crippen LogP contribution in [0.2, 0.25) is 4.34 Å². The summed E-state index contributed by atoms with van der Waals surface area (Å²) in [5.41, 5.74) is 0. The number of hydrogen-bond donors (Lipinski definition) is 0. The summed E-state index contributed by atoms with van der Waals surface area (Å²) in [5.74, 6) is -0.318. The highest BCUT2D eigenvalue weighted by Gasteiger charge is 2.40. The SMILES string of the molecule is CN(C1CCCN(CC(=O)N2CCCC2CN2CCCC2)C1=O)S(=O)(=O)c1ccc(-c2ccc(Cl)s2)s1. The summed E-state index contributed by atoms with van der Waals surface area (Å²) in [5, 5.41) is 0. The zero-order valence-corrected chi connectivity index (χ0v) is 24.2. The molecule has 0 bridgehead atoms. The van der Waals surface area contributed by atoms with Gasteiger partial charge in [0.15, 0.2) is 0 Å². The first-order valence-electron chi connectivity index (χ1n) is 12.9. The van der Waals surface area contributed by atoms with Gasteiger partial charge in [-0.25, -0.2) is 8.42 Å². The molecule has 2 aromatic heterocycles. The fraction of sp³-hybridized carbons (Fsp3) is 0.600. The first-order valence-corrected chi connectivity index (χ1v) is 16.3. The lowest BCUT2D eigenvalue weighted by molar-refractivity contribution is -0.145. The molecule has 2 atom stereocenters. The van der Waals surface area contributed by atoms with Gasteiger partial charge < -0.3 is 14.7 Å². The minimum atomic E-state index is -3.87. The number of likely N-dealkylation sites (N-methyl/N-ethyl adjacent to an activating group) is 1. The Balaban J connectivity index is 1.24. The highest BCUT2D eigenvalue weighted by molar-refractivity contribution is 7.91. The van der Waals surface area contributed by atoms with Crippen LogP contribution in [-0.2, 0) is 19.6 Å².